The normalized spacial score (nSPS) is 10.8. The van der Waals surface area contributed by atoms with Crippen molar-refractivity contribution in [2.75, 3.05) is 5.32 Å². The first kappa shape index (κ1) is 25.6. The van der Waals surface area contributed by atoms with Gasteiger partial charge in [-0.3, -0.25) is 0 Å². The van der Waals surface area contributed by atoms with Gasteiger partial charge in [-0.15, -0.1) is 0 Å². The average molecular weight is 488 g/mol. The van der Waals surface area contributed by atoms with Gasteiger partial charge in [0.05, 0.1) is 0 Å². The molecule has 0 saturated carbocycles. The number of phenolic OH excluding ortho intramolecular Hbond substituents is 2. The van der Waals surface area contributed by atoms with E-state index in [0.717, 1.165) is 28.1 Å². The molecule has 5 aromatic rings. The molecule has 0 aromatic heterocycles. The minimum atomic E-state index is -0.358. The van der Waals surface area contributed by atoms with Gasteiger partial charge in [-0.05, 0) is 86.0 Å². The van der Waals surface area contributed by atoms with Gasteiger partial charge < -0.3 is 15.5 Å². The van der Waals surface area contributed by atoms with Crippen LogP contribution in [0, 0.1) is 13.8 Å². The van der Waals surface area contributed by atoms with Crippen LogP contribution in [0.15, 0.2) is 127 Å². The standard InChI is InChI=1S/C20H18O2.C14H15N/c1-20(15-5-3-2-4-6-15,16-7-11-18(21)12-8-16)17-9-13-19(22)14-10-17;1-11-3-7-13(8-4-11)15-14-9-5-12(2)6-10-14/h2-14,21-22H,1H3;3-10,15H,1-2H3. The second-order valence-corrected chi connectivity index (χ2v) is 9.44. The molecule has 0 spiro atoms. The monoisotopic (exact) mass is 487 g/mol. The molecule has 186 valence electrons. The van der Waals surface area contributed by atoms with E-state index in [4.69, 9.17) is 0 Å². The van der Waals surface area contributed by atoms with Crippen LogP contribution in [0.1, 0.15) is 34.7 Å². The third-order valence-corrected chi connectivity index (χ3v) is 6.63. The molecule has 3 heteroatoms. The SMILES string of the molecule is CC(c1ccccc1)(c1ccc(O)cc1)c1ccc(O)cc1.Cc1ccc(Nc2ccc(C)cc2)cc1. The highest BCUT2D eigenvalue weighted by Crippen LogP contribution is 2.39. The zero-order valence-corrected chi connectivity index (χ0v) is 21.5. The fraction of sp³-hybridized carbons (Fsp3) is 0.118. The number of hydrogen-bond acceptors (Lipinski definition) is 3. The fourth-order valence-electron chi connectivity index (χ4n) is 4.30. The molecule has 0 unspecified atom stereocenters. The lowest BCUT2D eigenvalue weighted by Crippen LogP contribution is -2.25. The largest absolute Gasteiger partial charge is 0.508 e. The van der Waals surface area contributed by atoms with Crippen molar-refractivity contribution in [1.82, 2.24) is 0 Å². The molecule has 0 radical (unpaired) electrons. The summed E-state index contributed by atoms with van der Waals surface area (Å²) < 4.78 is 0. The molecule has 3 N–H and O–H groups in total. The summed E-state index contributed by atoms with van der Waals surface area (Å²) in [6, 6.07) is 41.6. The van der Waals surface area contributed by atoms with Gasteiger partial charge in [-0.2, -0.15) is 0 Å². The number of hydrogen-bond donors (Lipinski definition) is 3. The average Bonchev–Trinajstić information content (AvgIpc) is 2.92. The predicted octanol–water partition coefficient (Wildman–Crippen LogP) is 8.50. The Labute approximate surface area is 219 Å². The molecule has 0 saturated heterocycles. The zero-order valence-electron chi connectivity index (χ0n) is 21.5. The third-order valence-electron chi connectivity index (χ3n) is 6.63. The number of aromatic hydroxyl groups is 2. The van der Waals surface area contributed by atoms with Gasteiger partial charge in [-0.1, -0.05) is 90.0 Å². The Hall–Kier alpha value is -4.50. The molecule has 0 atom stereocenters. The second-order valence-electron chi connectivity index (χ2n) is 9.44. The molecular weight excluding hydrogens is 454 g/mol. The summed E-state index contributed by atoms with van der Waals surface area (Å²) in [5.74, 6) is 0.509. The van der Waals surface area contributed by atoms with Crippen LogP contribution in [-0.2, 0) is 5.41 Å². The highest BCUT2D eigenvalue weighted by Gasteiger charge is 2.30. The quantitative estimate of drug-likeness (QED) is 0.218. The highest BCUT2D eigenvalue weighted by molar-refractivity contribution is 5.60. The number of rotatable bonds is 5. The first-order valence-corrected chi connectivity index (χ1v) is 12.4. The van der Waals surface area contributed by atoms with E-state index in [2.05, 4.69) is 86.8 Å². The van der Waals surface area contributed by atoms with Gasteiger partial charge >= 0.3 is 0 Å². The first-order valence-electron chi connectivity index (χ1n) is 12.4. The number of nitrogens with one attached hydrogen (secondary N) is 1. The lowest BCUT2D eigenvalue weighted by atomic mass is 9.71. The lowest BCUT2D eigenvalue weighted by Gasteiger charge is -2.32. The van der Waals surface area contributed by atoms with Crippen molar-refractivity contribution in [3.05, 3.63) is 155 Å². The molecular formula is C34H33NO2. The van der Waals surface area contributed by atoms with E-state index < -0.39 is 0 Å². The van der Waals surface area contributed by atoms with E-state index in [1.165, 1.54) is 11.1 Å². The topological polar surface area (TPSA) is 52.5 Å². The van der Waals surface area contributed by atoms with Gasteiger partial charge in [0.1, 0.15) is 11.5 Å². The maximum absolute atomic E-state index is 9.57. The predicted molar refractivity (Wildman–Crippen MR) is 154 cm³/mol. The van der Waals surface area contributed by atoms with Crippen LogP contribution in [0.25, 0.3) is 0 Å². The Morgan fingerprint density at radius 1 is 0.459 bits per heavy atom. The zero-order chi connectivity index (χ0) is 26.3. The van der Waals surface area contributed by atoms with Crippen molar-refractivity contribution in [1.29, 1.82) is 0 Å². The number of aryl methyl sites for hydroxylation is 2. The van der Waals surface area contributed by atoms with Gasteiger partial charge in [0, 0.05) is 16.8 Å². The summed E-state index contributed by atoms with van der Waals surface area (Å²) >= 11 is 0. The van der Waals surface area contributed by atoms with Crippen molar-refractivity contribution >= 4 is 11.4 Å². The van der Waals surface area contributed by atoms with Crippen molar-refractivity contribution < 1.29 is 10.2 Å². The van der Waals surface area contributed by atoms with Crippen LogP contribution in [0.3, 0.4) is 0 Å². The first-order chi connectivity index (χ1) is 17.8. The van der Waals surface area contributed by atoms with E-state index in [0.29, 0.717) is 0 Å². The fourth-order valence-corrected chi connectivity index (χ4v) is 4.30. The minimum absolute atomic E-state index is 0.255. The molecule has 5 rings (SSSR count). The molecule has 0 fully saturated rings. The Morgan fingerprint density at radius 2 is 0.811 bits per heavy atom. The minimum Gasteiger partial charge on any atom is -0.508 e. The van der Waals surface area contributed by atoms with Crippen molar-refractivity contribution in [2.24, 2.45) is 0 Å². The van der Waals surface area contributed by atoms with Crippen LogP contribution in [0.4, 0.5) is 11.4 Å². The Morgan fingerprint density at radius 3 is 1.19 bits per heavy atom. The van der Waals surface area contributed by atoms with E-state index in [9.17, 15) is 10.2 Å². The maximum atomic E-state index is 9.57. The van der Waals surface area contributed by atoms with Gasteiger partial charge in [0.2, 0.25) is 0 Å². The van der Waals surface area contributed by atoms with Crippen LogP contribution in [0.5, 0.6) is 11.5 Å². The van der Waals surface area contributed by atoms with Crippen LogP contribution < -0.4 is 5.32 Å². The van der Waals surface area contributed by atoms with Gasteiger partial charge in [0.25, 0.3) is 0 Å². The molecule has 0 bridgehead atoms. The van der Waals surface area contributed by atoms with Crippen molar-refractivity contribution in [3.8, 4) is 11.5 Å². The molecule has 0 aliphatic carbocycles. The lowest BCUT2D eigenvalue weighted by molar-refractivity contribution is 0.474. The Kier molecular flexibility index (Phi) is 7.95. The van der Waals surface area contributed by atoms with Crippen molar-refractivity contribution in [3.63, 3.8) is 0 Å². The second kappa shape index (κ2) is 11.5. The third kappa shape index (κ3) is 6.39. The summed E-state index contributed by atoms with van der Waals surface area (Å²) in [5.41, 5.74) is 7.79. The van der Waals surface area contributed by atoms with E-state index in [1.54, 1.807) is 24.3 Å². The summed E-state index contributed by atoms with van der Waals surface area (Å²) in [4.78, 5) is 0. The van der Waals surface area contributed by atoms with Gasteiger partial charge in [-0.25, -0.2) is 0 Å². The summed E-state index contributed by atoms with van der Waals surface area (Å²) in [7, 11) is 0. The van der Waals surface area contributed by atoms with E-state index >= 15 is 0 Å². The molecule has 0 aliphatic rings. The van der Waals surface area contributed by atoms with E-state index in [1.807, 2.05) is 42.5 Å². The van der Waals surface area contributed by atoms with Crippen LogP contribution in [-0.4, -0.2) is 10.2 Å². The number of benzene rings is 5. The highest BCUT2D eigenvalue weighted by atomic mass is 16.3. The summed E-state index contributed by atoms with van der Waals surface area (Å²) in [5, 5.41) is 22.5. The summed E-state index contributed by atoms with van der Waals surface area (Å²) in [6.45, 7) is 6.34. The van der Waals surface area contributed by atoms with Gasteiger partial charge in [0.15, 0.2) is 0 Å². The maximum Gasteiger partial charge on any atom is 0.115 e. The molecule has 0 amide bonds. The van der Waals surface area contributed by atoms with Crippen molar-refractivity contribution in [2.45, 2.75) is 26.2 Å². The Bertz CT molecular complexity index is 1300. The molecule has 5 aromatic carbocycles. The number of phenols is 2. The van der Waals surface area contributed by atoms with E-state index in [-0.39, 0.29) is 16.9 Å². The molecule has 0 heterocycles. The Balaban J connectivity index is 0.000000186. The molecule has 3 nitrogen and oxygen atoms in total. The van der Waals surface area contributed by atoms with Crippen LogP contribution in [0.2, 0.25) is 0 Å². The molecule has 0 aliphatic heterocycles. The smallest absolute Gasteiger partial charge is 0.115 e. The summed E-state index contributed by atoms with van der Waals surface area (Å²) in [6.07, 6.45) is 0. The molecule has 37 heavy (non-hydrogen) atoms. The number of anilines is 2. The van der Waals surface area contributed by atoms with Crippen LogP contribution >= 0.6 is 0 Å².